The van der Waals surface area contributed by atoms with Crippen LogP contribution in [0.2, 0.25) is 0 Å². The molecule has 0 aromatic carbocycles. The summed E-state index contributed by atoms with van der Waals surface area (Å²) in [5.41, 5.74) is 0. The van der Waals surface area contributed by atoms with Gasteiger partial charge in [0, 0.05) is 0 Å². The fourth-order valence-corrected chi connectivity index (χ4v) is 0.958. The zero-order valence-electron chi connectivity index (χ0n) is 7.40. The minimum atomic E-state index is -2.94. The lowest BCUT2D eigenvalue weighted by Gasteiger charge is -2.20. The Morgan fingerprint density at radius 3 is 2.08 bits per heavy atom. The van der Waals surface area contributed by atoms with E-state index in [2.05, 4.69) is 6.92 Å². The van der Waals surface area contributed by atoms with Gasteiger partial charge in [0.1, 0.15) is 6.10 Å². The Hall–Kier alpha value is -0.160. The molecule has 0 amide bonds. The molecule has 0 radical (unpaired) electrons. The molecule has 0 aromatic heterocycles. The molecule has 0 saturated carbocycles. The van der Waals surface area contributed by atoms with Crippen molar-refractivity contribution in [2.45, 2.75) is 51.1 Å². The molecule has 4 heteroatoms. The van der Waals surface area contributed by atoms with E-state index in [9.17, 15) is 0 Å². The van der Waals surface area contributed by atoms with Gasteiger partial charge in [0.25, 0.3) is 0 Å². The van der Waals surface area contributed by atoms with Gasteiger partial charge in [-0.25, -0.2) is 0 Å². The van der Waals surface area contributed by atoms with E-state index in [0.29, 0.717) is 6.42 Å². The first kappa shape index (κ1) is 11.8. The van der Waals surface area contributed by atoms with Crippen LogP contribution in [0.4, 0.5) is 0 Å². The summed E-state index contributed by atoms with van der Waals surface area (Å²) in [6, 6.07) is 0. The molecule has 0 bridgehead atoms. The Balaban J connectivity index is 3.38. The Morgan fingerprint density at radius 2 is 1.67 bits per heavy atom. The number of hydrogen-bond donors (Lipinski definition) is 4. The van der Waals surface area contributed by atoms with E-state index in [1.165, 1.54) is 0 Å². The first-order valence-corrected chi connectivity index (χ1v) is 4.33. The number of aliphatic hydroxyl groups excluding tert-OH is 1. The van der Waals surface area contributed by atoms with Gasteiger partial charge in [-0.05, 0) is 6.42 Å². The summed E-state index contributed by atoms with van der Waals surface area (Å²) in [5.74, 6) is -2.94. The molecule has 0 spiro atoms. The molecule has 4 nitrogen and oxygen atoms in total. The van der Waals surface area contributed by atoms with Crippen molar-refractivity contribution in [3.8, 4) is 0 Å². The van der Waals surface area contributed by atoms with Crippen molar-refractivity contribution < 1.29 is 20.4 Å². The summed E-state index contributed by atoms with van der Waals surface area (Å²) < 4.78 is 0. The fourth-order valence-electron chi connectivity index (χ4n) is 0.958. The second-order valence-corrected chi connectivity index (χ2v) is 3.05. The second-order valence-electron chi connectivity index (χ2n) is 3.05. The van der Waals surface area contributed by atoms with Crippen molar-refractivity contribution in [1.82, 2.24) is 0 Å². The summed E-state index contributed by atoms with van der Waals surface area (Å²) in [7, 11) is 0. The molecule has 1 atom stereocenters. The van der Waals surface area contributed by atoms with Crippen molar-refractivity contribution >= 4 is 0 Å². The monoisotopic (exact) mass is 178 g/mol. The zero-order chi connectivity index (χ0) is 9.61. The minimum Gasteiger partial charge on any atom is -0.385 e. The molecule has 0 heterocycles. The van der Waals surface area contributed by atoms with Gasteiger partial charge in [0.05, 0.1) is 0 Å². The van der Waals surface area contributed by atoms with E-state index in [4.69, 9.17) is 20.4 Å². The molecule has 0 aliphatic rings. The van der Waals surface area contributed by atoms with Crippen LogP contribution in [0.3, 0.4) is 0 Å². The lowest BCUT2D eigenvalue weighted by molar-refractivity contribution is -0.355. The van der Waals surface area contributed by atoms with E-state index in [0.717, 1.165) is 19.3 Å². The molecule has 4 N–H and O–H groups in total. The predicted octanol–water partition coefficient (Wildman–Crippen LogP) is -0.0516. The molecule has 0 aliphatic heterocycles. The maximum atomic E-state index is 8.94. The molecule has 0 saturated heterocycles. The van der Waals surface area contributed by atoms with Gasteiger partial charge in [-0.2, -0.15) is 0 Å². The van der Waals surface area contributed by atoms with E-state index in [1.807, 2.05) is 0 Å². The van der Waals surface area contributed by atoms with Gasteiger partial charge >= 0.3 is 5.97 Å². The lowest BCUT2D eigenvalue weighted by Crippen LogP contribution is -2.41. The summed E-state index contributed by atoms with van der Waals surface area (Å²) in [4.78, 5) is 0. The lowest BCUT2D eigenvalue weighted by atomic mass is 10.1. The van der Waals surface area contributed by atoms with E-state index in [1.54, 1.807) is 0 Å². The van der Waals surface area contributed by atoms with Crippen LogP contribution >= 0.6 is 0 Å². The Kier molecular flexibility index (Phi) is 5.41. The molecule has 12 heavy (non-hydrogen) atoms. The molecular weight excluding hydrogens is 160 g/mol. The van der Waals surface area contributed by atoms with Crippen molar-refractivity contribution in [1.29, 1.82) is 0 Å². The van der Waals surface area contributed by atoms with Crippen LogP contribution < -0.4 is 0 Å². The fraction of sp³-hybridized carbons (Fsp3) is 1.00. The van der Waals surface area contributed by atoms with Crippen molar-refractivity contribution in [3.05, 3.63) is 0 Å². The van der Waals surface area contributed by atoms with Crippen LogP contribution in [0.1, 0.15) is 39.0 Å². The Bertz CT molecular complexity index is 108. The first-order valence-electron chi connectivity index (χ1n) is 4.33. The maximum Gasteiger partial charge on any atom is 0.302 e. The molecule has 74 valence electrons. The topological polar surface area (TPSA) is 80.9 Å². The summed E-state index contributed by atoms with van der Waals surface area (Å²) in [5, 5.41) is 34.4. The highest BCUT2D eigenvalue weighted by Crippen LogP contribution is 2.11. The zero-order valence-corrected chi connectivity index (χ0v) is 7.40. The van der Waals surface area contributed by atoms with Crippen LogP contribution in [0.15, 0.2) is 0 Å². The number of aliphatic hydroxyl groups is 4. The summed E-state index contributed by atoms with van der Waals surface area (Å²) in [6.07, 6.45) is 2.51. The smallest absolute Gasteiger partial charge is 0.302 e. The molecule has 0 aliphatic carbocycles. The van der Waals surface area contributed by atoms with Gasteiger partial charge in [-0.15, -0.1) is 0 Å². The third-order valence-corrected chi connectivity index (χ3v) is 1.78. The maximum absolute atomic E-state index is 8.94. The minimum absolute atomic E-state index is 0.212. The normalized spacial score (nSPS) is 14.8. The van der Waals surface area contributed by atoms with Crippen LogP contribution in [-0.4, -0.2) is 32.5 Å². The standard InChI is InChI=1S/C8H18O4/c1-2-3-4-5-6-7(9)8(10,11)12/h7,9-12H,2-6H2,1H3. The van der Waals surface area contributed by atoms with Gasteiger partial charge in [0.2, 0.25) is 0 Å². The molecule has 1 unspecified atom stereocenters. The van der Waals surface area contributed by atoms with E-state index >= 15 is 0 Å². The highest BCUT2D eigenvalue weighted by molar-refractivity contribution is 4.62. The summed E-state index contributed by atoms with van der Waals surface area (Å²) >= 11 is 0. The highest BCUT2D eigenvalue weighted by Gasteiger charge is 2.29. The molecule has 0 fully saturated rings. The first-order chi connectivity index (χ1) is 5.48. The average Bonchev–Trinajstić information content (AvgIpc) is 1.96. The van der Waals surface area contributed by atoms with Gasteiger partial charge in [-0.1, -0.05) is 32.6 Å². The largest absolute Gasteiger partial charge is 0.385 e. The summed E-state index contributed by atoms with van der Waals surface area (Å²) in [6.45, 7) is 2.06. The van der Waals surface area contributed by atoms with Crippen LogP contribution in [0, 0.1) is 0 Å². The third kappa shape index (κ3) is 5.49. The van der Waals surface area contributed by atoms with Crippen molar-refractivity contribution in [3.63, 3.8) is 0 Å². The van der Waals surface area contributed by atoms with Crippen LogP contribution in [0.25, 0.3) is 0 Å². The van der Waals surface area contributed by atoms with E-state index in [-0.39, 0.29) is 6.42 Å². The van der Waals surface area contributed by atoms with Crippen molar-refractivity contribution in [2.24, 2.45) is 0 Å². The predicted molar refractivity (Wildman–Crippen MR) is 44.2 cm³/mol. The average molecular weight is 178 g/mol. The van der Waals surface area contributed by atoms with Crippen LogP contribution in [0.5, 0.6) is 0 Å². The number of unbranched alkanes of at least 4 members (excludes halogenated alkanes) is 3. The number of rotatable bonds is 6. The van der Waals surface area contributed by atoms with Crippen LogP contribution in [-0.2, 0) is 0 Å². The molecular formula is C8H18O4. The third-order valence-electron chi connectivity index (χ3n) is 1.78. The highest BCUT2D eigenvalue weighted by atomic mass is 16.7. The Labute approximate surface area is 72.5 Å². The second kappa shape index (κ2) is 5.48. The quantitative estimate of drug-likeness (QED) is 0.339. The Morgan fingerprint density at radius 1 is 1.08 bits per heavy atom. The number of hydrogen-bond acceptors (Lipinski definition) is 4. The molecule has 0 aromatic rings. The molecule has 0 rings (SSSR count). The van der Waals surface area contributed by atoms with E-state index < -0.39 is 12.1 Å². The van der Waals surface area contributed by atoms with Crippen molar-refractivity contribution in [2.75, 3.05) is 0 Å². The van der Waals surface area contributed by atoms with Gasteiger partial charge in [0.15, 0.2) is 0 Å². The van der Waals surface area contributed by atoms with Gasteiger partial charge in [-0.3, -0.25) is 0 Å². The van der Waals surface area contributed by atoms with Gasteiger partial charge < -0.3 is 20.4 Å². The SMILES string of the molecule is CCCCCCC(O)C(O)(O)O.